The lowest BCUT2D eigenvalue weighted by molar-refractivity contribution is -0.253. The first-order chi connectivity index (χ1) is 25.3. The molecule has 1 aliphatic rings. The molecule has 51 heavy (non-hydrogen) atoms. The van der Waals surface area contributed by atoms with Crippen LogP contribution in [0.3, 0.4) is 0 Å². The summed E-state index contributed by atoms with van der Waals surface area (Å²) in [6.45, 7) is 2.14. The molecule has 1 rings (SSSR count). The smallest absolute Gasteiger partial charge is 0.220 e. The van der Waals surface area contributed by atoms with E-state index in [1.54, 1.807) is 6.08 Å². The largest absolute Gasteiger partial charge is 0.394 e. The highest BCUT2D eigenvalue weighted by atomic mass is 16.6. The maximum Gasteiger partial charge on any atom is 0.220 e. The Bertz CT molecular complexity index is 890. The first-order valence-corrected chi connectivity index (χ1v) is 20.8. The topological polar surface area (TPSA) is 160 Å². The highest BCUT2D eigenvalue weighted by Gasteiger charge is 2.48. The molecule has 0 radical (unpaired) electrons. The molecule has 8 atom stereocenters. The summed E-state index contributed by atoms with van der Waals surface area (Å²) >= 11 is 0. The van der Waals surface area contributed by atoms with Gasteiger partial charge in [0.2, 0.25) is 5.91 Å². The molecule has 1 aliphatic heterocycles. The molecule has 9 heteroatoms. The van der Waals surface area contributed by atoms with Crippen LogP contribution < -0.4 is 5.32 Å². The van der Waals surface area contributed by atoms with Gasteiger partial charge in [0.25, 0.3) is 0 Å². The van der Waals surface area contributed by atoms with Gasteiger partial charge in [-0.1, -0.05) is 154 Å². The van der Waals surface area contributed by atoms with Crippen molar-refractivity contribution in [2.45, 2.75) is 230 Å². The molecular weight excluding hydrogens is 646 g/mol. The van der Waals surface area contributed by atoms with Gasteiger partial charge in [-0.2, -0.15) is 0 Å². The van der Waals surface area contributed by atoms with Crippen LogP contribution in [0.4, 0.5) is 0 Å². The van der Waals surface area contributed by atoms with Crippen molar-refractivity contribution in [2.24, 2.45) is 0 Å². The minimum atomic E-state index is -1.69. The van der Waals surface area contributed by atoms with Crippen molar-refractivity contribution >= 4 is 5.91 Å². The zero-order valence-corrected chi connectivity index (χ0v) is 32.2. The Balaban J connectivity index is 2.48. The van der Waals surface area contributed by atoms with Gasteiger partial charge in [0.05, 0.1) is 18.8 Å². The van der Waals surface area contributed by atoms with Crippen LogP contribution in [0, 0.1) is 0 Å². The van der Waals surface area contributed by atoms with E-state index in [-0.39, 0.29) is 12.3 Å². The lowest BCUT2D eigenvalue weighted by Gasteiger charge is -2.43. The van der Waals surface area contributed by atoms with Crippen molar-refractivity contribution in [1.82, 2.24) is 5.32 Å². The summed E-state index contributed by atoms with van der Waals surface area (Å²) in [6, 6.07) is -1.23. The minimum absolute atomic E-state index is 0.218. The van der Waals surface area contributed by atoms with Gasteiger partial charge in [0.15, 0.2) is 0 Å². The lowest BCUT2D eigenvalue weighted by Crippen LogP contribution is -2.65. The predicted octanol–water partition coefficient (Wildman–Crippen LogP) is 7.33. The molecule has 0 aromatic heterocycles. The minimum Gasteiger partial charge on any atom is -0.394 e. The molecule has 2 unspecified atom stereocenters. The molecule has 1 saturated heterocycles. The number of aliphatic hydroxyl groups is 6. The first-order valence-electron chi connectivity index (χ1n) is 21.6. The monoisotopic (exact) mass is 727 g/mol. The molecule has 0 bridgehead atoms. The molecule has 0 spiro atoms. The van der Waals surface area contributed by atoms with Gasteiger partial charge in [-0.15, -0.1) is 0 Å². The molecule has 0 aromatic carbocycles. The van der Waals surface area contributed by atoms with Crippen LogP contribution >= 0.6 is 0 Å². The van der Waals surface area contributed by atoms with Crippen LogP contribution in [0.25, 0.3) is 0 Å². The zero-order chi connectivity index (χ0) is 38.2. The number of allylic oxidation sites excluding steroid dienone is 3. The molecule has 0 saturated carbocycles. The maximum absolute atomic E-state index is 13.0. The number of carbonyl (C=O) groups is 1. The average molecular weight is 727 g/mol. The third-order valence-electron chi connectivity index (χ3n) is 10.2. The van der Waals surface area contributed by atoms with E-state index in [1.165, 1.54) is 89.9 Å². The van der Waals surface area contributed by atoms with Gasteiger partial charge < -0.3 is 40.7 Å². The average Bonchev–Trinajstić information content (AvgIpc) is 3.14. The van der Waals surface area contributed by atoms with E-state index in [1.807, 2.05) is 6.08 Å². The van der Waals surface area contributed by atoms with Crippen LogP contribution in [-0.2, 0) is 9.53 Å². The van der Waals surface area contributed by atoms with Crippen LogP contribution in [0.1, 0.15) is 182 Å². The van der Waals surface area contributed by atoms with Gasteiger partial charge >= 0.3 is 0 Å². The van der Waals surface area contributed by atoms with E-state index in [0.29, 0.717) is 13.3 Å². The fraction of sp³-hybridized carbons (Fsp3) is 0.881. The summed E-state index contributed by atoms with van der Waals surface area (Å²) in [5.74, 6) is -0.342. The maximum atomic E-state index is 13.0. The van der Waals surface area contributed by atoms with Crippen molar-refractivity contribution in [1.29, 1.82) is 0 Å². The number of nitrogens with one attached hydrogen (secondary N) is 1. The second-order valence-electron chi connectivity index (χ2n) is 14.8. The SMILES string of the molecule is [2H]CCCCCCCC/C=C\CCCCCCCC(=O)N[C@@H](C(O)C1O[C@H](CO)[C@@H](O)[C@H](O)[C@H]1O)[C@H](O)/C=C/CCCCCCCCCCCCC. The van der Waals surface area contributed by atoms with E-state index in [4.69, 9.17) is 6.11 Å². The van der Waals surface area contributed by atoms with E-state index in [2.05, 4.69) is 24.4 Å². The molecule has 1 heterocycles. The Labute approximate surface area is 312 Å². The Morgan fingerprint density at radius 2 is 1.14 bits per heavy atom. The lowest BCUT2D eigenvalue weighted by atomic mass is 9.88. The zero-order valence-electron chi connectivity index (χ0n) is 33.2. The first kappa shape index (κ1) is 45.8. The quantitative estimate of drug-likeness (QED) is 0.0274. The van der Waals surface area contributed by atoms with Crippen molar-refractivity contribution < 1.29 is 41.5 Å². The Kier molecular flexibility index (Phi) is 28.9. The van der Waals surface area contributed by atoms with Gasteiger partial charge in [0.1, 0.15) is 36.6 Å². The number of carbonyl (C=O) groups excluding carboxylic acids is 1. The Morgan fingerprint density at radius 3 is 1.65 bits per heavy atom. The molecule has 300 valence electrons. The van der Waals surface area contributed by atoms with Crippen molar-refractivity contribution in [3.63, 3.8) is 0 Å². The summed E-state index contributed by atoms with van der Waals surface area (Å²) in [5, 5.41) is 65.8. The van der Waals surface area contributed by atoms with Crippen molar-refractivity contribution in [2.75, 3.05) is 6.61 Å². The van der Waals surface area contributed by atoms with Crippen LogP contribution in [0.2, 0.25) is 0 Å². The van der Waals surface area contributed by atoms with E-state index in [9.17, 15) is 35.4 Å². The number of ether oxygens (including phenoxy) is 1. The molecule has 9 nitrogen and oxygen atoms in total. The molecule has 0 aromatic rings. The third kappa shape index (κ3) is 22.5. The summed E-state index contributed by atoms with van der Waals surface area (Å²) in [7, 11) is 0. The third-order valence-corrected chi connectivity index (χ3v) is 10.2. The molecule has 7 N–H and O–H groups in total. The second kappa shape index (κ2) is 32.1. The number of hydrogen-bond donors (Lipinski definition) is 7. The standard InChI is InChI=1S/C42H79NO8/c1-3-5-7-9-11-13-15-17-18-20-22-24-26-28-30-32-36(46)43-37(39(48)42-41(50)40(49)38(47)35(33-44)51-42)34(45)31-29-27-25-23-21-19-16-14-12-10-8-6-4-2/h17-18,29,31,34-35,37-42,44-45,47-50H,3-16,19-28,30,32-33H2,1-2H3,(H,43,46)/b18-17-,31-29+/t34-,35-,37-,38-,39?,40+,41-,42?/m1/s1/i1D. The number of aliphatic hydroxyl groups excluding tert-OH is 6. The summed E-state index contributed by atoms with van der Waals surface area (Å²) in [5.41, 5.74) is 0. The number of rotatable bonds is 33. The summed E-state index contributed by atoms with van der Waals surface area (Å²) < 4.78 is 12.7. The van der Waals surface area contributed by atoms with Gasteiger partial charge in [-0.05, 0) is 44.9 Å². The van der Waals surface area contributed by atoms with Crippen LogP contribution in [0.15, 0.2) is 24.3 Å². The molecular formula is C42H79NO8. The van der Waals surface area contributed by atoms with Gasteiger partial charge in [0, 0.05) is 7.79 Å². The fourth-order valence-electron chi connectivity index (χ4n) is 6.81. The van der Waals surface area contributed by atoms with Crippen LogP contribution in [-0.4, -0.2) is 91.9 Å². The number of unbranched alkanes of at least 4 members (excludes halogenated alkanes) is 22. The van der Waals surface area contributed by atoms with Crippen molar-refractivity contribution in [3.05, 3.63) is 24.3 Å². The normalized spacial score (nSPS) is 23.1. The molecule has 1 fully saturated rings. The van der Waals surface area contributed by atoms with Crippen molar-refractivity contribution in [3.8, 4) is 0 Å². The molecule has 0 aliphatic carbocycles. The number of amides is 1. The predicted molar refractivity (Wildman–Crippen MR) is 207 cm³/mol. The fourth-order valence-corrected chi connectivity index (χ4v) is 6.81. The van der Waals surface area contributed by atoms with Crippen LogP contribution in [0.5, 0.6) is 0 Å². The highest BCUT2D eigenvalue weighted by molar-refractivity contribution is 5.76. The Hall–Kier alpha value is -1.33. The molecule has 1 amide bonds. The summed E-state index contributed by atoms with van der Waals surface area (Å²) in [6.07, 6.45) is 26.2. The van der Waals surface area contributed by atoms with E-state index in [0.717, 1.165) is 64.2 Å². The second-order valence-corrected chi connectivity index (χ2v) is 14.8. The Morgan fingerprint density at radius 1 is 0.667 bits per heavy atom. The van der Waals surface area contributed by atoms with Gasteiger partial charge in [-0.3, -0.25) is 4.79 Å². The van der Waals surface area contributed by atoms with Gasteiger partial charge in [-0.25, -0.2) is 0 Å². The summed E-state index contributed by atoms with van der Waals surface area (Å²) in [4.78, 5) is 13.0. The highest BCUT2D eigenvalue weighted by Crippen LogP contribution is 2.26. The van der Waals surface area contributed by atoms with E-state index >= 15 is 0 Å². The van der Waals surface area contributed by atoms with E-state index < -0.39 is 55.4 Å². The number of hydrogen-bond acceptors (Lipinski definition) is 8.